The predicted molar refractivity (Wildman–Crippen MR) is 124 cm³/mol. The lowest BCUT2D eigenvalue weighted by molar-refractivity contribution is 0.0979. The van der Waals surface area contributed by atoms with Crippen LogP contribution in [0.5, 0.6) is 0 Å². The first kappa shape index (κ1) is 23.3. The first-order chi connectivity index (χ1) is 13.2. The summed E-state index contributed by atoms with van der Waals surface area (Å²) in [6, 6.07) is 6.35. The SMILES string of the molecule is Cc1cc(C)c2nc(N(CCN(C)C)C(=O)c3cc(C)n(C(C)C)n3)sc2c1.Cl. The molecule has 3 aromatic rings. The van der Waals surface area contributed by atoms with Crippen molar-refractivity contribution in [2.75, 3.05) is 32.1 Å². The maximum absolute atomic E-state index is 13.4. The largest absolute Gasteiger partial charge is 0.308 e. The number of aryl methyl sites for hydroxylation is 3. The summed E-state index contributed by atoms with van der Waals surface area (Å²) >= 11 is 1.57. The number of fused-ring (bicyclic) bond motifs is 1. The molecule has 0 aliphatic heterocycles. The summed E-state index contributed by atoms with van der Waals surface area (Å²) < 4.78 is 3.00. The summed E-state index contributed by atoms with van der Waals surface area (Å²) in [6.07, 6.45) is 0. The Kier molecular flexibility index (Phi) is 7.43. The van der Waals surface area contributed by atoms with E-state index in [1.54, 1.807) is 16.2 Å². The normalized spacial score (nSPS) is 11.3. The topological polar surface area (TPSA) is 54.3 Å². The molecular weight excluding hydrogens is 406 g/mol. The van der Waals surface area contributed by atoms with Crippen molar-refractivity contribution in [1.29, 1.82) is 0 Å². The van der Waals surface area contributed by atoms with Crippen molar-refractivity contribution in [1.82, 2.24) is 19.7 Å². The molecule has 2 heterocycles. The third kappa shape index (κ3) is 4.97. The maximum atomic E-state index is 13.4. The minimum absolute atomic E-state index is 0. The molecule has 1 aromatic carbocycles. The Hall–Kier alpha value is -1.96. The van der Waals surface area contributed by atoms with Crippen molar-refractivity contribution in [3.8, 4) is 0 Å². The van der Waals surface area contributed by atoms with E-state index >= 15 is 0 Å². The van der Waals surface area contributed by atoms with Crippen LogP contribution < -0.4 is 4.90 Å². The van der Waals surface area contributed by atoms with Crippen LogP contribution in [0.3, 0.4) is 0 Å². The van der Waals surface area contributed by atoms with Gasteiger partial charge in [0.1, 0.15) is 0 Å². The number of amides is 1. The van der Waals surface area contributed by atoms with Gasteiger partial charge in [-0.1, -0.05) is 17.4 Å². The van der Waals surface area contributed by atoms with Gasteiger partial charge in [0.25, 0.3) is 5.91 Å². The van der Waals surface area contributed by atoms with Gasteiger partial charge in [-0.25, -0.2) is 4.98 Å². The summed E-state index contributed by atoms with van der Waals surface area (Å²) in [4.78, 5) is 22.0. The number of aromatic nitrogens is 3. The molecule has 6 nitrogen and oxygen atoms in total. The van der Waals surface area contributed by atoms with Gasteiger partial charge in [-0.3, -0.25) is 14.4 Å². The van der Waals surface area contributed by atoms with Crippen molar-refractivity contribution < 1.29 is 4.79 Å². The zero-order valence-electron chi connectivity index (χ0n) is 18.2. The van der Waals surface area contributed by atoms with E-state index in [-0.39, 0.29) is 24.4 Å². The van der Waals surface area contributed by atoms with Crippen LogP contribution >= 0.6 is 23.7 Å². The van der Waals surface area contributed by atoms with Crippen LogP contribution in [-0.2, 0) is 0 Å². The van der Waals surface area contributed by atoms with Gasteiger partial charge in [0.05, 0.1) is 10.2 Å². The average molecular weight is 436 g/mol. The minimum Gasteiger partial charge on any atom is -0.308 e. The molecule has 0 saturated heterocycles. The second kappa shape index (κ2) is 9.24. The molecule has 1 amide bonds. The molecule has 0 spiro atoms. The Morgan fingerprint density at radius 2 is 1.83 bits per heavy atom. The first-order valence-electron chi connectivity index (χ1n) is 9.58. The summed E-state index contributed by atoms with van der Waals surface area (Å²) in [5.41, 5.74) is 4.77. The van der Waals surface area contributed by atoms with E-state index in [0.717, 1.165) is 33.2 Å². The number of benzene rings is 1. The second-order valence-corrected chi connectivity index (χ2v) is 8.90. The van der Waals surface area contributed by atoms with E-state index in [2.05, 4.69) is 49.8 Å². The lowest BCUT2D eigenvalue weighted by Gasteiger charge is -2.21. The number of carbonyl (C=O) groups excluding carboxylic acids is 1. The number of hydrogen-bond donors (Lipinski definition) is 0. The van der Waals surface area contributed by atoms with E-state index in [1.807, 2.05) is 31.8 Å². The standard InChI is InChI=1S/C21H29N5OS.ClH/c1-13(2)26-16(5)12-17(23-26)20(27)25(9-8-24(6)7)21-22-19-15(4)10-14(3)11-18(19)28-21;/h10-13H,8-9H2,1-7H3;1H. The highest BCUT2D eigenvalue weighted by Gasteiger charge is 2.25. The summed E-state index contributed by atoms with van der Waals surface area (Å²) in [5, 5.41) is 5.29. The van der Waals surface area contributed by atoms with Crippen LogP contribution in [0, 0.1) is 20.8 Å². The average Bonchev–Trinajstić information content (AvgIpc) is 3.18. The molecule has 0 aliphatic rings. The minimum atomic E-state index is -0.0993. The number of anilines is 1. The lowest BCUT2D eigenvalue weighted by Crippen LogP contribution is -2.37. The number of halogens is 1. The molecule has 0 radical (unpaired) electrons. The molecule has 158 valence electrons. The van der Waals surface area contributed by atoms with Gasteiger partial charge < -0.3 is 4.90 Å². The summed E-state index contributed by atoms with van der Waals surface area (Å²) in [5.74, 6) is -0.0993. The van der Waals surface area contributed by atoms with Crippen LogP contribution in [0.2, 0.25) is 0 Å². The van der Waals surface area contributed by atoms with E-state index in [9.17, 15) is 4.79 Å². The Bertz CT molecular complexity index is 1010. The molecule has 0 unspecified atom stereocenters. The zero-order chi connectivity index (χ0) is 20.6. The van der Waals surface area contributed by atoms with Crippen LogP contribution in [0.1, 0.15) is 47.2 Å². The van der Waals surface area contributed by atoms with E-state index in [4.69, 9.17) is 4.98 Å². The fraction of sp³-hybridized carbons (Fsp3) is 0.476. The molecule has 0 bridgehead atoms. The molecule has 0 atom stereocenters. The Morgan fingerprint density at radius 3 is 2.41 bits per heavy atom. The predicted octanol–water partition coefficient (Wildman–Crippen LogP) is 4.63. The molecular formula is C21H30ClN5OS. The van der Waals surface area contributed by atoms with Crippen molar-refractivity contribution >= 4 is 45.0 Å². The smallest absolute Gasteiger partial charge is 0.280 e. The molecule has 0 fully saturated rings. The van der Waals surface area contributed by atoms with Crippen LogP contribution in [0.25, 0.3) is 10.2 Å². The second-order valence-electron chi connectivity index (χ2n) is 7.89. The fourth-order valence-corrected chi connectivity index (χ4v) is 4.48. The fourth-order valence-electron chi connectivity index (χ4n) is 3.31. The highest BCUT2D eigenvalue weighted by molar-refractivity contribution is 7.22. The van der Waals surface area contributed by atoms with E-state index in [1.165, 1.54) is 5.56 Å². The molecule has 3 rings (SSSR count). The summed E-state index contributed by atoms with van der Waals surface area (Å²) in [6.45, 7) is 11.6. The highest BCUT2D eigenvalue weighted by Crippen LogP contribution is 2.32. The van der Waals surface area contributed by atoms with Crippen LogP contribution in [0.15, 0.2) is 18.2 Å². The Balaban J connectivity index is 0.00000300. The van der Waals surface area contributed by atoms with Crippen molar-refractivity contribution in [2.45, 2.75) is 40.7 Å². The van der Waals surface area contributed by atoms with Gasteiger partial charge in [0.15, 0.2) is 10.8 Å². The van der Waals surface area contributed by atoms with Crippen molar-refractivity contribution in [3.63, 3.8) is 0 Å². The monoisotopic (exact) mass is 435 g/mol. The van der Waals surface area contributed by atoms with Gasteiger partial charge in [-0.2, -0.15) is 5.10 Å². The van der Waals surface area contributed by atoms with Gasteiger partial charge >= 0.3 is 0 Å². The molecule has 0 N–H and O–H groups in total. The van der Waals surface area contributed by atoms with Crippen molar-refractivity contribution in [3.05, 3.63) is 40.7 Å². The van der Waals surface area contributed by atoms with E-state index < -0.39 is 0 Å². The maximum Gasteiger partial charge on any atom is 0.280 e. The van der Waals surface area contributed by atoms with Crippen LogP contribution in [0.4, 0.5) is 5.13 Å². The molecule has 8 heteroatoms. The van der Waals surface area contributed by atoms with E-state index in [0.29, 0.717) is 12.2 Å². The molecule has 0 saturated carbocycles. The third-order valence-electron chi connectivity index (χ3n) is 4.70. The summed E-state index contributed by atoms with van der Waals surface area (Å²) in [7, 11) is 4.01. The Labute approximate surface area is 182 Å². The van der Waals surface area contributed by atoms with Gasteiger partial charge in [-0.05, 0) is 72.0 Å². The molecule has 29 heavy (non-hydrogen) atoms. The number of carbonyl (C=O) groups is 1. The van der Waals surface area contributed by atoms with Gasteiger partial charge in [0, 0.05) is 24.8 Å². The number of hydrogen-bond acceptors (Lipinski definition) is 5. The highest BCUT2D eigenvalue weighted by atomic mass is 35.5. The van der Waals surface area contributed by atoms with Crippen molar-refractivity contribution in [2.24, 2.45) is 0 Å². The quantitative estimate of drug-likeness (QED) is 0.566. The van der Waals surface area contributed by atoms with Gasteiger partial charge in [-0.15, -0.1) is 12.4 Å². The first-order valence-corrected chi connectivity index (χ1v) is 10.4. The molecule has 0 aliphatic carbocycles. The number of likely N-dealkylation sites (N-methyl/N-ethyl adjacent to an activating group) is 1. The number of rotatable bonds is 6. The number of nitrogens with zero attached hydrogens (tertiary/aromatic N) is 5. The lowest BCUT2D eigenvalue weighted by atomic mass is 10.1. The molecule has 2 aromatic heterocycles. The van der Waals surface area contributed by atoms with Gasteiger partial charge in [0.2, 0.25) is 0 Å². The zero-order valence-corrected chi connectivity index (χ0v) is 19.8. The number of thiazole rings is 1. The Morgan fingerprint density at radius 1 is 1.14 bits per heavy atom. The third-order valence-corrected chi connectivity index (χ3v) is 5.72. The van der Waals surface area contributed by atoms with Crippen LogP contribution in [-0.4, -0.2) is 52.8 Å².